The largest absolute Gasteiger partial charge is 0.549 e. The highest BCUT2D eigenvalue weighted by Gasteiger charge is 2.12. The molecular weight excluding hydrogens is 288 g/mol. The first-order valence-corrected chi connectivity index (χ1v) is 7.36. The number of nitrogens with one attached hydrogen (secondary N) is 1. The van der Waals surface area contributed by atoms with Gasteiger partial charge in [0.25, 0.3) is 5.56 Å². The van der Waals surface area contributed by atoms with E-state index in [0.717, 1.165) is 17.3 Å². The average Bonchev–Trinajstić information content (AvgIpc) is 2.44. The highest BCUT2D eigenvalue weighted by molar-refractivity contribution is 8.00. The van der Waals surface area contributed by atoms with Crippen molar-refractivity contribution in [3.8, 4) is 0 Å². The fraction of sp³-hybridized carbons (Fsp3) is 0.267. The van der Waals surface area contributed by atoms with Crippen LogP contribution in [0.3, 0.4) is 0 Å². The molecule has 0 saturated heterocycles. The van der Waals surface area contributed by atoms with Crippen LogP contribution in [0.1, 0.15) is 23.7 Å². The van der Waals surface area contributed by atoms with Gasteiger partial charge in [-0.05, 0) is 19.4 Å². The average molecular weight is 303 g/mol. The second-order valence-corrected chi connectivity index (χ2v) is 6.01. The first-order valence-electron chi connectivity index (χ1n) is 6.48. The quantitative estimate of drug-likeness (QED) is 0.655. The van der Waals surface area contributed by atoms with Gasteiger partial charge >= 0.3 is 0 Å². The number of carbonyl (C=O) groups is 1. The third-order valence-corrected chi connectivity index (χ3v) is 4.01. The molecule has 0 aliphatic rings. The fourth-order valence-corrected chi connectivity index (χ4v) is 2.64. The molecule has 21 heavy (non-hydrogen) atoms. The summed E-state index contributed by atoms with van der Waals surface area (Å²) in [7, 11) is 0. The van der Waals surface area contributed by atoms with Gasteiger partial charge in [0.15, 0.2) is 5.16 Å². The number of rotatable bonds is 5. The highest BCUT2D eigenvalue weighted by atomic mass is 32.2. The molecule has 110 valence electrons. The molecule has 0 fully saturated rings. The van der Waals surface area contributed by atoms with Gasteiger partial charge in [-0.25, -0.2) is 4.98 Å². The summed E-state index contributed by atoms with van der Waals surface area (Å²) in [5.41, 5.74) is 1.98. The maximum absolute atomic E-state index is 12.1. The number of carbonyl (C=O) groups excluding carboxylic acids is 1. The van der Waals surface area contributed by atoms with Gasteiger partial charge in [0, 0.05) is 22.9 Å². The van der Waals surface area contributed by atoms with Gasteiger partial charge in [-0.15, -0.1) is 0 Å². The van der Waals surface area contributed by atoms with Gasteiger partial charge in [0.05, 0.1) is 5.97 Å². The minimum Gasteiger partial charge on any atom is -0.549 e. The SMILES string of the molecule is Cc1nc(S[C@@H](C)C(=O)[O-])[nH]c(=O)c1Cc1ccccc1. The topological polar surface area (TPSA) is 85.9 Å². The minimum atomic E-state index is -1.19. The number of aromatic nitrogens is 2. The molecule has 1 heterocycles. The van der Waals surface area contributed by atoms with Gasteiger partial charge in [-0.2, -0.15) is 0 Å². The smallest absolute Gasteiger partial charge is 0.255 e. The number of carboxylic acid groups (broad SMARTS) is 1. The first-order chi connectivity index (χ1) is 9.97. The first kappa shape index (κ1) is 15.3. The molecule has 0 saturated carbocycles. The number of aromatic amines is 1. The molecule has 0 radical (unpaired) electrons. The number of carboxylic acids is 1. The molecule has 1 atom stereocenters. The number of hydrogen-bond donors (Lipinski definition) is 1. The Hall–Kier alpha value is -2.08. The summed E-state index contributed by atoms with van der Waals surface area (Å²) >= 11 is 0.966. The van der Waals surface area contributed by atoms with Crippen molar-refractivity contribution in [1.82, 2.24) is 9.97 Å². The number of benzene rings is 1. The van der Waals surface area contributed by atoms with Crippen LogP contribution in [0.4, 0.5) is 0 Å². The molecule has 1 aromatic heterocycles. The number of aliphatic carboxylic acids is 1. The molecule has 0 amide bonds. The molecule has 1 N–H and O–H groups in total. The Morgan fingerprint density at radius 3 is 2.62 bits per heavy atom. The maximum atomic E-state index is 12.1. The summed E-state index contributed by atoms with van der Waals surface area (Å²) in [5.74, 6) is -1.19. The number of H-pyrrole nitrogens is 1. The Kier molecular flexibility index (Phi) is 4.80. The predicted octanol–water partition coefficient (Wildman–Crippen LogP) is 0.900. The zero-order valence-corrected chi connectivity index (χ0v) is 12.6. The van der Waals surface area contributed by atoms with Crippen LogP contribution in [0.15, 0.2) is 40.3 Å². The summed E-state index contributed by atoms with van der Waals surface area (Å²) in [6.45, 7) is 3.24. The van der Waals surface area contributed by atoms with E-state index in [4.69, 9.17) is 0 Å². The van der Waals surface area contributed by atoms with Gasteiger partial charge in [0.1, 0.15) is 0 Å². The Morgan fingerprint density at radius 2 is 2.05 bits per heavy atom. The predicted molar refractivity (Wildman–Crippen MR) is 79.2 cm³/mol. The second kappa shape index (κ2) is 6.58. The van der Waals surface area contributed by atoms with E-state index in [1.165, 1.54) is 6.92 Å². The number of nitrogens with zero attached hydrogens (tertiary/aromatic N) is 1. The van der Waals surface area contributed by atoms with E-state index >= 15 is 0 Å². The zero-order valence-electron chi connectivity index (χ0n) is 11.8. The summed E-state index contributed by atoms with van der Waals surface area (Å²) in [5, 5.41) is 10.3. The Labute approximate surface area is 126 Å². The van der Waals surface area contributed by atoms with Crippen LogP contribution in [0.2, 0.25) is 0 Å². The van der Waals surface area contributed by atoms with Crippen molar-refractivity contribution in [3.05, 3.63) is 57.5 Å². The van der Waals surface area contributed by atoms with E-state index in [2.05, 4.69) is 9.97 Å². The van der Waals surface area contributed by atoms with Crippen molar-refractivity contribution in [2.45, 2.75) is 30.7 Å². The summed E-state index contributed by atoms with van der Waals surface area (Å²) < 4.78 is 0. The second-order valence-electron chi connectivity index (χ2n) is 4.68. The molecule has 2 rings (SSSR count). The van der Waals surface area contributed by atoms with E-state index in [1.807, 2.05) is 30.3 Å². The molecule has 2 aromatic rings. The maximum Gasteiger partial charge on any atom is 0.255 e. The van der Waals surface area contributed by atoms with Crippen molar-refractivity contribution in [1.29, 1.82) is 0 Å². The molecule has 0 spiro atoms. The van der Waals surface area contributed by atoms with Crippen LogP contribution in [0.5, 0.6) is 0 Å². The molecule has 0 bridgehead atoms. The van der Waals surface area contributed by atoms with Crippen molar-refractivity contribution >= 4 is 17.7 Å². The van der Waals surface area contributed by atoms with Crippen LogP contribution < -0.4 is 10.7 Å². The Morgan fingerprint density at radius 1 is 1.38 bits per heavy atom. The van der Waals surface area contributed by atoms with Crippen LogP contribution in [-0.4, -0.2) is 21.2 Å². The Balaban J connectivity index is 2.26. The summed E-state index contributed by atoms with van der Waals surface area (Å²) in [6.07, 6.45) is 0.496. The lowest BCUT2D eigenvalue weighted by atomic mass is 10.1. The lowest BCUT2D eigenvalue weighted by Gasteiger charge is -2.12. The molecule has 0 aliphatic heterocycles. The zero-order chi connectivity index (χ0) is 15.4. The minimum absolute atomic E-state index is 0.237. The molecule has 0 aliphatic carbocycles. The van der Waals surface area contributed by atoms with Crippen LogP contribution >= 0.6 is 11.8 Å². The molecule has 0 unspecified atom stereocenters. The van der Waals surface area contributed by atoms with Crippen molar-refractivity contribution < 1.29 is 9.90 Å². The van der Waals surface area contributed by atoms with E-state index < -0.39 is 11.2 Å². The van der Waals surface area contributed by atoms with E-state index in [1.54, 1.807) is 6.92 Å². The number of hydrogen-bond acceptors (Lipinski definition) is 5. The van der Waals surface area contributed by atoms with Crippen molar-refractivity contribution in [2.24, 2.45) is 0 Å². The fourth-order valence-electron chi connectivity index (χ4n) is 1.86. The van der Waals surface area contributed by atoms with Gasteiger partial charge in [0.2, 0.25) is 0 Å². The van der Waals surface area contributed by atoms with Gasteiger partial charge < -0.3 is 14.9 Å². The third-order valence-electron chi connectivity index (χ3n) is 3.04. The number of thioether (sulfide) groups is 1. The van der Waals surface area contributed by atoms with Crippen LogP contribution in [-0.2, 0) is 11.2 Å². The van der Waals surface area contributed by atoms with Crippen LogP contribution in [0.25, 0.3) is 0 Å². The monoisotopic (exact) mass is 303 g/mol. The standard InChI is InChI=1S/C15H16N2O3S/c1-9-12(8-11-6-4-3-5-7-11)13(18)17-15(16-9)21-10(2)14(19)20/h3-7,10H,8H2,1-2H3,(H,19,20)(H,16,17,18)/p-1/t10-/m0/s1. The van der Waals surface area contributed by atoms with E-state index in [-0.39, 0.29) is 5.56 Å². The normalized spacial score (nSPS) is 12.1. The summed E-state index contributed by atoms with van der Waals surface area (Å²) in [4.78, 5) is 29.8. The third kappa shape index (κ3) is 3.95. The van der Waals surface area contributed by atoms with E-state index in [0.29, 0.717) is 22.8 Å². The lowest BCUT2D eigenvalue weighted by Crippen LogP contribution is -2.31. The summed E-state index contributed by atoms with van der Waals surface area (Å²) in [6, 6.07) is 9.63. The number of aryl methyl sites for hydroxylation is 1. The van der Waals surface area contributed by atoms with Crippen molar-refractivity contribution in [2.75, 3.05) is 0 Å². The molecular formula is C15H15N2O3S-. The van der Waals surface area contributed by atoms with Crippen molar-refractivity contribution in [3.63, 3.8) is 0 Å². The lowest BCUT2D eigenvalue weighted by molar-refractivity contribution is -0.304. The van der Waals surface area contributed by atoms with Gasteiger partial charge in [-0.1, -0.05) is 42.1 Å². The van der Waals surface area contributed by atoms with E-state index in [9.17, 15) is 14.7 Å². The molecule has 6 heteroatoms. The van der Waals surface area contributed by atoms with Gasteiger partial charge in [-0.3, -0.25) is 4.79 Å². The molecule has 1 aromatic carbocycles. The Bertz CT molecular complexity index is 698. The highest BCUT2D eigenvalue weighted by Crippen LogP contribution is 2.19. The molecule has 5 nitrogen and oxygen atoms in total. The van der Waals surface area contributed by atoms with Crippen LogP contribution in [0, 0.1) is 6.92 Å².